The standard InChI is InChI=1S/C18H25N5O/c1-14-5-4-6-20-17(14)13-21-9-11-22(12-10-21)18(24)15(2)23-8-7-19-16(23)3/h4-8,15H,9-13H2,1-3H3. The van der Waals surface area contributed by atoms with Crippen LogP contribution in [-0.2, 0) is 11.3 Å². The average Bonchev–Trinajstić information content (AvgIpc) is 3.02. The van der Waals surface area contributed by atoms with Gasteiger partial charge in [0.05, 0.1) is 5.69 Å². The topological polar surface area (TPSA) is 54.3 Å². The zero-order chi connectivity index (χ0) is 17.1. The van der Waals surface area contributed by atoms with Crippen LogP contribution in [0.3, 0.4) is 0 Å². The minimum Gasteiger partial charge on any atom is -0.338 e. The van der Waals surface area contributed by atoms with Gasteiger partial charge in [0, 0.05) is 51.3 Å². The van der Waals surface area contributed by atoms with Crippen molar-refractivity contribution in [3.8, 4) is 0 Å². The number of amides is 1. The maximum absolute atomic E-state index is 12.7. The summed E-state index contributed by atoms with van der Waals surface area (Å²) in [5, 5.41) is 0. The van der Waals surface area contributed by atoms with Crippen molar-refractivity contribution >= 4 is 5.91 Å². The van der Waals surface area contributed by atoms with Crippen molar-refractivity contribution in [3.63, 3.8) is 0 Å². The minimum atomic E-state index is -0.197. The first-order valence-corrected chi connectivity index (χ1v) is 8.47. The van der Waals surface area contributed by atoms with Crippen molar-refractivity contribution in [1.82, 2.24) is 24.3 Å². The third kappa shape index (κ3) is 3.48. The molecule has 0 radical (unpaired) electrons. The molecule has 1 atom stereocenters. The maximum Gasteiger partial charge on any atom is 0.245 e. The van der Waals surface area contributed by atoms with Crippen LogP contribution in [-0.4, -0.2) is 56.4 Å². The number of piperazine rings is 1. The molecule has 0 N–H and O–H groups in total. The van der Waals surface area contributed by atoms with Gasteiger partial charge in [-0.05, 0) is 32.4 Å². The molecule has 0 saturated carbocycles. The van der Waals surface area contributed by atoms with Gasteiger partial charge in [-0.15, -0.1) is 0 Å². The average molecular weight is 327 g/mol. The van der Waals surface area contributed by atoms with E-state index in [9.17, 15) is 4.79 Å². The lowest BCUT2D eigenvalue weighted by atomic mass is 10.2. The summed E-state index contributed by atoms with van der Waals surface area (Å²) in [6.45, 7) is 10.1. The van der Waals surface area contributed by atoms with Crippen molar-refractivity contribution < 1.29 is 4.79 Å². The minimum absolute atomic E-state index is 0.171. The van der Waals surface area contributed by atoms with Crippen LogP contribution in [0.4, 0.5) is 0 Å². The molecular formula is C18H25N5O. The van der Waals surface area contributed by atoms with Crippen LogP contribution < -0.4 is 0 Å². The molecule has 0 bridgehead atoms. The molecule has 1 amide bonds. The number of carbonyl (C=O) groups is 1. The van der Waals surface area contributed by atoms with Gasteiger partial charge in [-0.1, -0.05) is 6.07 Å². The maximum atomic E-state index is 12.7. The van der Waals surface area contributed by atoms with E-state index in [0.717, 1.165) is 44.2 Å². The number of nitrogens with zero attached hydrogens (tertiary/aromatic N) is 5. The molecule has 2 aromatic rings. The summed E-state index contributed by atoms with van der Waals surface area (Å²) in [4.78, 5) is 25.7. The van der Waals surface area contributed by atoms with Crippen LogP contribution in [0.2, 0.25) is 0 Å². The highest BCUT2D eigenvalue weighted by Gasteiger charge is 2.26. The Bertz CT molecular complexity index is 703. The van der Waals surface area contributed by atoms with E-state index < -0.39 is 0 Å². The quantitative estimate of drug-likeness (QED) is 0.859. The summed E-state index contributed by atoms with van der Waals surface area (Å²) in [5.41, 5.74) is 2.35. The molecule has 1 aliphatic heterocycles. The molecule has 0 aromatic carbocycles. The summed E-state index contributed by atoms with van der Waals surface area (Å²) in [7, 11) is 0. The van der Waals surface area contributed by atoms with Gasteiger partial charge in [-0.2, -0.15) is 0 Å². The highest BCUT2D eigenvalue weighted by molar-refractivity contribution is 5.80. The second-order valence-corrected chi connectivity index (χ2v) is 6.43. The van der Waals surface area contributed by atoms with Crippen molar-refractivity contribution in [3.05, 3.63) is 47.8 Å². The second kappa shape index (κ2) is 7.13. The molecule has 6 heteroatoms. The molecule has 1 saturated heterocycles. The number of imidazole rings is 1. The highest BCUT2D eigenvalue weighted by Crippen LogP contribution is 2.15. The number of aromatic nitrogens is 3. The first kappa shape index (κ1) is 16.6. The number of pyridine rings is 1. The summed E-state index contributed by atoms with van der Waals surface area (Å²) in [6, 6.07) is 3.86. The Balaban J connectivity index is 1.56. The van der Waals surface area contributed by atoms with E-state index in [-0.39, 0.29) is 11.9 Å². The van der Waals surface area contributed by atoms with Gasteiger partial charge < -0.3 is 9.47 Å². The lowest BCUT2D eigenvalue weighted by molar-refractivity contribution is -0.136. The highest BCUT2D eigenvalue weighted by atomic mass is 16.2. The Morgan fingerprint density at radius 1 is 1.17 bits per heavy atom. The molecule has 128 valence electrons. The normalized spacial score (nSPS) is 17.0. The Kier molecular flexibility index (Phi) is 4.94. The molecular weight excluding hydrogens is 302 g/mol. The van der Waals surface area contributed by atoms with Crippen molar-refractivity contribution in [2.45, 2.75) is 33.4 Å². The molecule has 1 fully saturated rings. The number of rotatable bonds is 4. The summed E-state index contributed by atoms with van der Waals surface area (Å²) in [5.74, 6) is 1.05. The predicted octanol–water partition coefficient (Wildman–Crippen LogP) is 1.80. The molecule has 3 heterocycles. The predicted molar refractivity (Wildman–Crippen MR) is 92.5 cm³/mol. The van der Waals surface area contributed by atoms with E-state index in [1.54, 1.807) is 6.20 Å². The Labute approximate surface area is 143 Å². The van der Waals surface area contributed by atoms with Crippen LogP contribution in [0.1, 0.15) is 30.0 Å². The fraction of sp³-hybridized carbons (Fsp3) is 0.500. The second-order valence-electron chi connectivity index (χ2n) is 6.43. The summed E-state index contributed by atoms with van der Waals surface area (Å²) >= 11 is 0. The fourth-order valence-corrected chi connectivity index (χ4v) is 3.20. The largest absolute Gasteiger partial charge is 0.338 e. The van der Waals surface area contributed by atoms with Crippen molar-refractivity contribution in [2.75, 3.05) is 26.2 Å². The van der Waals surface area contributed by atoms with E-state index in [4.69, 9.17) is 0 Å². The zero-order valence-corrected chi connectivity index (χ0v) is 14.6. The molecule has 6 nitrogen and oxygen atoms in total. The SMILES string of the molecule is Cc1cccnc1CN1CCN(C(=O)C(C)n2ccnc2C)CC1. The molecule has 24 heavy (non-hydrogen) atoms. The zero-order valence-electron chi connectivity index (χ0n) is 14.6. The lowest BCUT2D eigenvalue weighted by Crippen LogP contribution is -2.50. The third-order valence-corrected chi connectivity index (χ3v) is 4.81. The molecule has 2 aromatic heterocycles. The van der Waals surface area contributed by atoms with E-state index in [2.05, 4.69) is 27.9 Å². The Morgan fingerprint density at radius 3 is 2.54 bits per heavy atom. The number of aryl methyl sites for hydroxylation is 2. The van der Waals surface area contributed by atoms with Gasteiger partial charge in [0.1, 0.15) is 11.9 Å². The van der Waals surface area contributed by atoms with E-state index in [1.165, 1.54) is 5.56 Å². The van der Waals surface area contributed by atoms with Crippen molar-refractivity contribution in [2.24, 2.45) is 0 Å². The van der Waals surface area contributed by atoms with E-state index >= 15 is 0 Å². The smallest absolute Gasteiger partial charge is 0.245 e. The number of hydrogen-bond donors (Lipinski definition) is 0. The summed E-state index contributed by atoms with van der Waals surface area (Å²) in [6.07, 6.45) is 5.46. The van der Waals surface area contributed by atoms with E-state index in [1.807, 2.05) is 41.8 Å². The van der Waals surface area contributed by atoms with Crippen molar-refractivity contribution in [1.29, 1.82) is 0 Å². The van der Waals surface area contributed by atoms with Crippen LogP contribution in [0.15, 0.2) is 30.7 Å². The molecule has 3 rings (SSSR count). The summed E-state index contributed by atoms with van der Waals surface area (Å²) < 4.78 is 1.94. The van der Waals surface area contributed by atoms with Gasteiger partial charge >= 0.3 is 0 Å². The lowest BCUT2D eigenvalue weighted by Gasteiger charge is -2.36. The fourth-order valence-electron chi connectivity index (χ4n) is 3.20. The Morgan fingerprint density at radius 2 is 1.92 bits per heavy atom. The molecule has 1 aliphatic rings. The number of hydrogen-bond acceptors (Lipinski definition) is 4. The third-order valence-electron chi connectivity index (χ3n) is 4.81. The first-order valence-electron chi connectivity index (χ1n) is 8.47. The van der Waals surface area contributed by atoms with Gasteiger partial charge in [0.15, 0.2) is 0 Å². The van der Waals surface area contributed by atoms with Gasteiger partial charge in [0.25, 0.3) is 0 Å². The van der Waals surface area contributed by atoms with Gasteiger partial charge in [0.2, 0.25) is 5.91 Å². The first-order chi connectivity index (χ1) is 11.6. The molecule has 1 unspecified atom stereocenters. The Hall–Kier alpha value is -2.21. The van der Waals surface area contributed by atoms with Crippen LogP contribution in [0.5, 0.6) is 0 Å². The van der Waals surface area contributed by atoms with Gasteiger partial charge in [-0.25, -0.2) is 4.98 Å². The number of carbonyl (C=O) groups excluding carboxylic acids is 1. The molecule has 0 aliphatic carbocycles. The molecule has 0 spiro atoms. The van der Waals surface area contributed by atoms with Crippen LogP contribution >= 0.6 is 0 Å². The van der Waals surface area contributed by atoms with Crippen LogP contribution in [0, 0.1) is 13.8 Å². The van der Waals surface area contributed by atoms with Gasteiger partial charge in [-0.3, -0.25) is 14.7 Å². The van der Waals surface area contributed by atoms with Crippen LogP contribution in [0.25, 0.3) is 0 Å². The van der Waals surface area contributed by atoms with E-state index in [0.29, 0.717) is 0 Å². The monoisotopic (exact) mass is 327 g/mol.